The number of hydrazone groups is 1. The molecule has 0 saturated carbocycles. The Morgan fingerprint density at radius 2 is 1.50 bits per heavy atom. The minimum Gasteiger partial charge on any atom is -0.323 e. The van der Waals surface area contributed by atoms with E-state index in [1.165, 1.54) is 11.1 Å². The average molecular weight is 312 g/mol. The molecule has 0 radical (unpaired) electrons. The zero-order chi connectivity index (χ0) is 16.2. The van der Waals surface area contributed by atoms with Gasteiger partial charge in [0.15, 0.2) is 0 Å². The normalized spacial score (nSPS) is 11.2. The Balaban J connectivity index is 1.46. The molecule has 0 aliphatic rings. The monoisotopic (exact) mass is 312 g/mol. The summed E-state index contributed by atoms with van der Waals surface area (Å²) in [6.45, 7) is 0. The van der Waals surface area contributed by atoms with E-state index in [2.05, 4.69) is 44.8 Å². The van der Waals surface area contributed by atoms with Crippen LogP contribution in [0, 0.1) is 0 Å². The predicted octanol–water partition coefficient (Wildman–Crippen LogP) is 4.68. The summed E-state index contributed by atoms with van der Waals surface area (Å²) in [5.41, 5.74) is 8.27. The van der Waals surface area contributed by atoms with Crippen LogP contribution in [0.4, 0.5) is 5.95 Å². The topological polar surface area (TPSA) is 53.1 Å². The maximum Gasteiger partial charge on any atom is 0.222 e. The van der Waals surface area contributed by atoms with Crippen molar-refractivity contribution in [2.45, 2.75) is 0 Å². The molecule has 116 valence electrons. The van der Waals surface area contributed by atoms with Crippen LogP contribution in [0.3, 0.4) is 0 Å². The van der Waals surface area contributed by atoms with Crippen LogP contribution in [-0.2, 0) is 0 Å². The Kier molecular flexibility index (Phi) is 3.78. The molecule has 4 aromatic rings. The molecule has 0 unspecified atom stereocenters. The van der Waals surface area contributed by atoms with Crippen molar-refractivity contribution in [3.05, 3.63) is 84.4 Å². The molecular weight excluding hydrogens is 296 g/mol. The number of benzene rings is 3. The van der Waals surface area contributed by atoms with Crippen LogP contribution >= 0.6 is 0 Å². The molecule has 4 heteroatoms. The minimum atomic E-state index is 0.633. The zero-order valence-corrected chi connectivity index (χ0v) is 13.0. The summed E-state index contributed by atoms with van der Waals surface area (Å²) in [6, 6.07) is 26.5. The van der Waals surface area contributed by atoms with E-state index in [-0.39, 0.29) is 0 Å². The number of nitrogens with one attached hydrogen (secondary N) is 2. The van der Waals surface area contributed by atoms with Gasteiger partial charge in [-0.1, -0.05) is 66.7 Å². The molecule has 0 fully saturated rings. The molecule has 2 N–H and O–H groups in total. The minimum absolute atomic E-state index is 0.633. The lowest BCUT2D eigenvalue weighted by molar-refractivity contribution is 1.21. The van der Waals surface area contributed by atoms with Crippen molar-refractivity contribution in [3.63, 3.8) is 0 Å². The first-order valence-corrected chi connectivity index (χ1v) is 7.78. The lowest BCUT2D eigenvalue weighted by Gasteiger charge is -2.01. The summed E-state index contributed by atoms with van der Waals surface area (Å²) in [4.78, 5) is 7.59. The van der Waals surface area contributed by atoms with Crippen molar-refractivity contribution in [3.8, 4) is 11.1 Å². The molecule has 4 nitrogen and oxygen atoms in total. The smallest absolute Gasteiger partial charge is 0.222 e. The number of aromatic nitrogens is 2. The lowest BCUT2D eigenvalue weighted by Crippen LogP contribution is -1.92. The van der Waals surface area contributed by atoms with E-state index >= 15 is 0 Å². The van der Waals surface area contributed by atoms with Gasteiger partial charge < -0.3 is 4.98 Å². The van der Waals surface area contributed by atoms with Gasteiger partial charge >= 0.3 is 0 Å². The Morgan fingerprint density at radius 3 is 2.29 bits per heavy atom. The van der Waals surface area contributed by atoms with Gasteiger partial charge in [0.25, 0.3) is 0 Å². The fourth-order valence-corrected chi connectivity index (χ4v) is 2.57. The van der Waals surface area contributed by atoms with Crippen LogP contribution in [0.25, 0.3) is 22.2 Å². The number of rotatable bonds is 4. The third-order valence-corrected chi connectivity index (χ3v) is 3.79. The van der Waals surface area contributed by atoms with Crippen molar-refractivity contribution in [2.24, 2.45) is 5.10 Å². The van der Waals surface area contributed by atoms with Gasteiger partial charge in [-0.3, -0.25) is 0 Å². The number of para-hydroxylation sites is 2. The maximum atomic E-state index is 4.42. The van der Waals surface area contributed by atoms with Gasteiger partial charge in [0, 0.05) is 0 Å². The van der Waals surface area contributed by atoms with Gasteiger partial charge in [0.2, 0.25) is 5.95 Å². The summed E-state index contributed by atoms with van der Waals surface area (Å²) in [5, 5.41) is 4.24. The lowest BCUT2D eigenvalue weighted by atomic mass is 10.0. The van der Waals surface area contributed by atoms with Crippen molar-refractivity contribution < 1.29 is 0 Å². The Morgan fingerprint density at radius 1 is 0.792 bits per heavy atom. The van der Waals surface area contributed by atoms with E-state index in [0.717, 1.165) is 16.6 Å². The van der Waals surface area contributed by atoms with Gasteiger partial charge in [-0.05, 0) is 28.8 Å². The Hall–Kier alpha value is -3.40. The Labute approximate surface area is 139 Å². The summed E-state index contributed by atoms with van der Waals surface area (Å²) >= 11 is 0. The quantitative estimate of drug-likeness (QED) is 0.425. The number of fused-ring (bicyclic) bond motifs is 1. The standard InChI is InChI=1S/C20H16N4/c1-2-6-16(7-3-1)17-12-10-15(11-13-17)14-21-24-20-22-18-8-4-5-9-19(18)23-20/h1-14H,(H2,22,23,24)/b21-14-. The molecule has 0 saturated heterocycles. The average Bonchev–Trinajstić information content (AvgIpc) is 3.06. The van der Waals surface area contributed by atoms with Gasteiger partial charge in [-0.2, -0.15) is 5.10 Å². The fourth-order valence-electron chi connectivity index (χ4n) is 2.57. The SMILES string of the molecule is C(=N/Nc1nc2ccccc2[nH]1)/c1ccc(-c2ccccc2)cc1. The van der Waals surface area contributed by atoms with E-state index < -0.39 is 0 Å². The van der Waals surface area contributed by atoms with E-state index in [9.17, 15) is 0 Å². The van der Waals surface area contributed by atoms with E-state index in [0.29, 0.717) is 5.95 Å². The molecule has 1 heterocycles. The van der Waals surface area contributed by atoms with Crippen LogP contribution in [0.15, 0.2) is 84.0 Å². The van der Waals surface area contributed by atoms with Crippen LogP contribution in [0.1, 0.15) is 5.56 Å². The van der Waals surface area contributed by atoms with Gasteiger partial charge in [-0.25, -0.2) is 10.4 Å². The van der Waals surface area contributed by atoms with Gasteiger partial charge in [-0.15, -0.1) is 0 Å². The number of hydrogen-bond acceptors (Lipinski definition) is 3. The molecule has 0 bridgehead atoms. The van der Waals surface area contributed by atoms with Crippen LogP contribution in [0.5, 0.6) is 0 Å². The Bertz CT molecular complexity index is 936. The summed E-state index contributed by atoms with van der Waals surface area (Å²) in [5.74, 6) is 0.633. The molecule has 4 rings (SSSR count). The van der Waals surface area contributed by atoms with Crippen molar-refractivity contribution in [2.75, 3.05) is 5.43 Å². The molecule has 3 aromatic carbocycles. The van der Waals surface area contributed by atoms with E-state index in [1.54, 1.807) is 6.21 Å². The highest BCUT2D eigenvalue weighted by Crippen LogP contribution is 2.18. The molecular formula is C20H16N4. The first-order chi connectivity index (χ1) is 11.9. The molecule has 1 aromatic heterocycles. The van der Waals surface area contributed by atoms with Crippen molar-refractivity contribution >= 4 is 23.2 Å². The van der Waals surface area contributed by atoms with Gasteiger partial charge in [0.1, 0.15) is 0 Å². The molecule has 0 amide bonds. The number of H-pyrrole nitrogens is 1. The zero-order valence-electron chi connectivity index (χ0n) is 13.0. The highest BCUT2D eigenvalue weighted by Gasteiger charge is 1.99. The van der Waals surface area contributed by atoms with Crippen LogP contribution in [0.2, 0.25) is 0 Å². The van der Waals surface area contributed by atoms with E-state index in [4.69, 9.17) is 0 Å². The number of aromatic amines is 1. The second-order valence-corrected chi connectivity index (χ2v) is 5.46. The number of anilines is 1. The van der Waals surface area contributed by atoms with Crippen molar-refractivity contribution in [1.29, 1.82) is 0 Å². The highest BCUT2D eigenvalue weighted by atomic mass is 15.3. The van der Waals surface area contributed by atoms with E-state index in [1.807, 2.05) is 54.6 Å². The third-order valence-electron chi connectivity index (χ3n) is 3.79. The maximum absolute atomic E-state index is 4.42. The third kappa shape index (κ3) is 3.03. The molecule has 0 atom stereocenters. The summed E-state index contributed by atoms with van der Waals surface area (Å²) < 4.78 is 0. The summed E-state index contributed by atoms with van der Waals surface area (Å²) in [7, 11) is 0. The predicted molar refractivity (Wildman–Crippen MR) is 99.2 cm³/mol. The molecule has 24 heavy (non-hydrogen) atoms. The first kappa shape index (κ1) is 14.2. The van der Waals surface area contributed by atoms with Crippen LogP contribution in [-0.4, -0.2) is 16.2 Å². The second-order valence-electron chi connectivity index (χ2n) is 5.46. The molecule has 0 aliphatic heterocycles. The second kappa shape index (κ2) is 6.38. The largest absolute Gasteiger partial charge is 0.323 e. The highest BCUT2D eigenvalue weighted by molar-refractivity contribution is 5.82. The molecule has 0 spiro atoms. The van der Waals surface area contributed by atoms with Gasteiger partial charge in [0.05, 0.1) is 17.2 Å². The number of nitrogens with zero attached hydrogens (tertiary/aromatic N) is 2. The summed E-state index contributed by atoms with van der Waals surface area (Å²) in [6.07, 6.45) is 1.78. The van der Waals surface area contributed by atoms with Crippen molar-refractivity contribution in [1.82, 2.24) is 9.97 Å². The fraction of sp³-hybridized carbons (Fsp3) is 0. The molecule has 0 aliphatic carbocycles. The van der Waals surface area contributed by atoms with Crippen LogP contribution < -0.4 is 5.43 Å². The number of imidazole rings is 1. The first-order valence-electron chi connectivity index (χ1n) is 7.78. The number of hydrogen-bond donors (Lipinski definition) is 2.